The SMILES string of the molecule is CCN(C)CCNS(=O)(=O)c1ccc(Cl)c(Br)c1. The molecular weight excluding hydrogens is 340 g/mol. The van der Waals surface area contributed by atoms with Crippen LogP contribution in [-0.4, -0.2) is 40.0 Å². The first-order valence-corrected chi connectivity index (χ1v) is 8.15. The van der Waals surface area contributed by atoms with Crippen molar-refractivity contribution in [2.24, 2.45) is 0 Å². The Hall–Kier alpha value is -0.140. The predicted molar refractivity (Wildman–Crippen MR) is 77.5 cm³/mol. The summed E-state index contributed by atoms with van der Waals surface area (Å²) in [6.07, 6.45) is 0. The number of halogens is 2. The van der Waals surface area contributed by atoms with E-state index in [9.17, 15) is 8.42 Å². The highest BCUT2D eigenvalue weighted by Crippen LogP contribution is 2.25. The van der Waals surface area contributed by atoms with Gasteiger partial charge < -0.3 is 4.90 Å². The number of nitrogens with one attached hydrogen (secondary N) is 1. The molecule has 0 saturated heterocycles. The van der Waals surface area contributed by atoms with E-state index >= 15 is 0 Å². The first-order chi connectivity index (χ1) is 8.36. The Labute approximate surface area is 121 Å². The van der Waals surface area contributed by atoms with E-state index in [1.807, 2.05) is 18.9 Å². The minimum Gasteiger partial charge on any atom is -0.305 e. The molecule has 0 bridgehead atoms. The van der Waals surface area contributed by atoms with Crippen LogP contribution >= 0.6 is 27.5 Å². The smallest absolute Gasteiger partial charge is 0.240 e. The lowest BCUT2D eigenvalue weighted by atomic mass is 10.4. The molecule has 4 nitrogen and oxygen atoms in total. The van der Waals surface area contributed by atoms with E-state index in [4.69, 9.17) is 11.6 Å². The largest absolute Gasteiger partial charge is 0.305 e. The van der Waals surface area contributed by atoms with E-state index < -0.39 is 10.0 Å². The van der Waals surface area contributed by atoms with Gasteiger partial charge in [-0.15, -0.1) is 0 Å². The highest BCUT2D eigenvalue weighted by molar-refractivity contribution is 9.10. The Morgan fingerprint density at radius 2 is 2.11 bits per heavy atom. The molecule has 1 aromatic carbocycles. The van der Waals surface area contributed by atoms with Crippen LogP contribution in [0, 0.1) is 0 Å². The molecule has 0 aliphatic rings. The molecule has 102 valence electrons. The van der Waals surface area contributed by atoms with Crippen molar-refractivity contribution in [1.29, 1.82) is 0 Å². The maximum absolute atomic E-state index is 12.0. The maximum Gasteiger partial charge on any atom is 0.240 e. The van der Waals surface area contributed by atoms with E-state index in [2.05, 4.69) is 20.7 Å². The fourth-order valence-corrected chi connectivity index (χ4v) is 2.95. The fourth-order valence-electron chi connectivity index (χ4n) is 1.26. The average molecular weight is 356 g/mol. The highest BCUT2D eigenvalue weighted by atomic mass is 79.9. The maximum atomic E-state index is 12.0. The molecule has 18 heavy (non-hydrogen) atoms. The Balaban J connectivity index is 2.71. The molecule has 0 aromatic heterocycles. The zero-order chi connectivity index (χ0) is 13.8. The molecule has 7 heteroatoms. The van der Waals surface area contributed by atoms with Crippen molar-refractivity contribution in [3.05, 3.63) is 27.7 Å². The fraction of sp³-hybridized carbons (Fsp3) is 0.455. The summed E-state index contributed by atoms with van der Waals surface area (Å²) in [7, 11) is -1.53. The molecule has 0 fully saturated rings. The van der Waals surface area contributed by atoms with Gasteiger partial charge in [0, 0.05) is 17.6 Å². The Kier molecular flexibility index (Phi) is 6.07. The van der Waals surface area contributed by atoms with E-state index in [1.165, 1.54) is 12.1 Å². The van der Waals surface area contributed by atoms with Crippen LogP contribution in [0.2, 0.25) is 5.02 Å². The molecule has 0 heterocycles. The lowest BCUT2D eigenvalue weighted by molar-refractivity contribution is 0.358. The van der Waals surface area contributed by atoms with Gasteiger partial charge in [-0.1, -0.05) is 18.5 Å². The molecule has 1 aromatic rings. The molecular formula is C11H16BrClN2O2S. The Morgan fingerprint density at radius 3 is 2.67 bits per heavy atom. The third kappa shape index (κ3) is 4.51. The van der Waals surface area contributed by atoms with Crippen LogP contribution < -0.4 is 4.72 Å². The normalized spacial score (nSPS) is 12.1. The summed E-state index contributed by atoms with van der Waals surface area (Å²) in [4.78, 5) is 2.23. The highest BCUT2D eigenvalue weighted by Gasteiger charge is 2.14. The average Bonchev–Trinajstić information content (AvgIpc) is 2.32. The molecule has 0 aliphatic carbocycles. The summed E-state index contributed by atoms with van der Waals surface area (Å²) in [6, 6.07) is 4.53. The van der Waals surface area contributed by atoms with Gasteiger partial charge in [-0.2, -0.15) is 0 Å². The van der Waals surface area contributed by atoms with Gasteiger partial charge in [0.05, 0.1) is 9.92 Å². The summed E-state index contributed by atoms with van der Waals surface area (Å²) in [5.41, 5.74) is 0. The lowest BCUT2D eigenvalue weighted by Crippen LogP contribution is -2.32. The molecule has 0 radical (unpaired) electrons. The third-order valence-electron chi connectivity index (χ3n) is 2.53. The van der Waals surface area contributed by atoms with Gasteiger partial charge in [0.25, 0.3) is 0 Å². The van der Waals surface area contributed by atoms with Crippen LogP contribution in [0.15, 0.2) is 27.6 Å². The van der Waals surface area contributed by atoms with Crippen molar-refractivity contribution in [2.75, 3.05) is 26.7 Å². The summed E-state index contributed by atoms with van der Waals surface area (Å²) >= 11 is 9.04. The van der Waals surface area contributed by atoms with E-state index in [0.29, 0.717) is 22.6 Å². The Bertz CT molecular complexity index is 508. The summed E-state index contributed by atoms with van der Waals surface area (Å²) in [5, 5.41) is 0.486. The second-order valence-corrected chi connectivity index (χ2v) is 6.90. The molecule has 1 N–H and O–H groups in total. The van der Waals surface area contributed by atoms with Crippen molar-refractivity contribution in [2.45, 2.75) is 11.8 Å². The standard InChI is InChI=1S/C11H16BrClN2O2S/c1-3-15(2)7-6-14-18(16,17)9-4-5-11(13)10(12)8-9/h4-5,8,14H,3,6-7H2,1-2H3. The monoisotopic (exact) mass is 354 g/mol. The van der Waals surface area contributed by atoms with Gasteiger partial charge in [-0.05, 0) is 47.7 Å². The van der Waals surface area contributed by atoms with Crippen LogP contribution in [0.4, 0.5) is 0 Å². The molecule has 0 saturated carbocycles. The number of hydrogen-bond donors (Lipinski definition) is 1. The van der Waals surface area contributed by atoms with Gasteiger partial charge in [-0.25, -0.2) is 13.1 Å². The number of likely N-dealkylation sites (N-methyl/N-ethyl adjacent to an activating group) is 1. The van der Waals surface area contributed by atoms with E-state index in [1.54, 1.807) is 6.07 Å². The number of nitrogens with zero attached hydrogens (tertiary/aromatic N) is 1. The van der Waals surface area contributed by atoms with Crippen molar-refractivity contribution in [3.8, 4) is 0 Å². The molecule has 0 unspecified atom stereocenters. The van der Waals surface area contributed by atoms with Gasteiger partial charge in [0.1, 0.15) is 0 Å². The number of rotatable bonds is 6. The number of hydrogen-bond acceptors (Lipinski definition) is 3. The van der Waals surface area contributed by atoms with E-state index in [0.717, 1.165) is 6.54 Å². The van der Waals surface area contributed by atoms with Crippen molar-refractivity contribution in [1.82, 2.24) is 9.62 Å². The first kappa shape index (κ1) is 15.9. The van der Waals surface area contributed by atoms with Gasteiger partial charge >= 0.3 is 0 Å². The summed E-state index contributed by atoms with van der Waals surface area (Å²) in [5.74, 6) is 0. The topological polar surface area (TPSA) is 49.4 Å². The van der Waals surface area contributed by atoms with Crippen LogP contribution in [-0.2, 0) is 10.0 Å². The third-order valence-corrected chi connectivity index (χ3v) is 5.20. The molecule has 0 amide bonds. The van der Waals surface area contributed by atoms with Gasteiger partial charge in [-0.3, -0.25) is 0 Å². The molecule has 0 spiro atoms. The van der Waals surface area contributed by atoms with Gasteiger partial charge in [0.2, 0.25) is 10.0 Å². The second-order valence-electron chi connectivity index (χ2n) is 3.87. The van der Waals surface area contributed by atoms with Crippen molar-refractivity contribution < 1.29 is 8.42 Å². The van der Waals surface area contributed by atoms with Crippen molar-refractivity contribution >= 4 is 37.6 Å². The van der Waals surface area contributed by atoms with Crippen LogP contribution in [0.5, 0.6) is 0 Å². The van der Waals surface area contributed by atoms with Crippen LogP contribution in [0.1, 0.15) is 6.92 Å². The summed E-state index contributed by atoms with van der Waals surface area (Å²) < 4.78 is 27.1. The van der Waals surface area contributed by atoms with E-state index in [-0.39, 0.29) is 4.90 Å². The van der Waals surface area contributed by atoms with Crippen LogP contribution in [0.3, 0.4) is 0 Å². The quantitative estimate of drug-likeness (QED) is 0.852. The Morgan fingerprint density at radius 1 is 1.44 bits per heavy atom. The molecule has 0 atom stereocenters. The molecule has 1 rings (SSSR count). The molecule has 0 aliphatic heterocycles. The minimum absolute atomic E-state index is 0.206. The second kappa shape index (κ2) is 6.86. The zero-order valence-electron chi connectivity index (χ0n) is 10.3. The predicted octanol–water partition coefficient (Wildman–Crippen LogP) is 2.33. The minimum atomic E-state index is -3.47. The van der Waals surface area contributed by atoms with Crippen LogP contribution in [0.25, 0.3) is 0 Å². The van der Waals surface area contributed by atoms with Crippen molar-refractivity contribution in [3.63, 3.8) is 0 Å². The summed E-state index contributed by atoms with van der Waals surface area (Å²) in [6.45, 7) is 3.95. The van der Waals surface area contributed by atoms with Gasteiger partial charge in [0.15, 0.2) is 0 Å². The lowest BCUT2D eigenvalue weighted by Gasteiger charge is -2.14. The number of sulfonamides is 1. The zero-order valence-corrected chi connectivity index (χ0v) is 13.4. The number of benzene rings is 1. The first-order valence-electron chi connectivity index (χ1n) is 5.50.